The molecule has 1 heterocycles. The van der Waals surface area contributed by atoms with Crippen molar-refractivity contribution in [1.29, 1.82) is 0 Å². The van der Waals surface area contributed by atoms with E-state index in [1.165, 1.54) is 11.0 Å². The van der Waals surface area contributed by atoms with Gasteiger partial charge in [-0.25, -0.2) is 4.39 Å². The van der Waals surface area contributed by atoms with E-state index in [1.54, 1.807) is 6.07 Å². The molecule has 1 fully saturated rings. The smallest absolute Gasteiger partial charge is 0.314 e. The van der Waals surface area contributed by atoms with Crippen LogP contribution in [0, 0.1) is 11.7 Å². The quantitative estimate of drug-likeness (QED) is 0.830. The van der Waals surface area contributed by atoms with E-state index in [2.05, 4.69) is 0 Å². The van der Waals surface area contributed by atoms with Gasteiger partial charge in [0.15, 0.2) is 0 Å². The third-order valence-corrected chi connectivity index (χ3v) is 3.64. The molecule has 19 heavy (non-hydrogen) atoms. The molecule has 0 radical (unpaired) electrons. The predicted octanol–water partition coefficient (Wildman–Crippen LogP) is 1.18. The minimum Gasteiger partial charge on any atom is -0.466 e. The Labute approximate surface area is 113 Å². The SMILES string of the molecule is CCOC(=O)[C@H]1CCC[NH+](Cc2ccccc2F)C1. The number of carbonyl (C=O) groups is 1. The lowest BCUT2D eigenvalue weighted by atomic mass is 9.97. The number of likely N-dealkylation sites (tertiary alicyclic amines) is 1. The molecule has 0 spiro atoms. The van der Waals surface area contributed by atoms with Crippen LogP contribution in [0.5, 0.6) is 0 Å². The number of esters is 1. The van der Waals surface area contributed by atoms with E-state index in [4.69, 9.17) is 4.74 Å². The van der Waals surface area contributed by atoms with Gasteiger partial charge in [-0.1, -0.05) is 18.2 Å². The second kappa shape index (κ2) is 6.66. The van der Waals surface area contributed by atoms with E-state index in [-0.39, 0.29) is 17.7 Å². The van der Waals surface area contributed by atoms with Crippen LogP contribution < -0.4 is 4.90 Å². The molecular formula is C15H21FNO2+. The van der Waals surface area contributed by atoms with Gasteiger partial charge in [0.25, 0.3) is 0 Å². The number of quaternary nitrogens is 1. The maximum absolute atomic E-state index is 13.6. The summed E-state index contributed by atoms with van der Waals surface area (Å²) in [5.41, 5.74) is 0.724. The van der Waals surface area contributed by atoms with E-state index >= 15 is 0 Å². The van der Waals surface area contributed by atoms with E-state index < -0.39 is 0 Å². The minimum absolute atomic E-state index is 0.0320. The highest BCUT2D eigenvalue weighted by Gasteiger charge is 2.29. The van der Waals surface area contributed by atoms with Crippen LogP contribution in [0.1, 0.15) is 25.3 Å². The monoisotopic (exact) mass is 266 g/mol. The van der Waals surface area contributed by atoms with Gasteiger partial charge in [-0.15, -0.1) is 0 Å². The topological polar surface area (TPSA) is 30.7 Å². The third kappa shape index (κ3) is 3.77. The second-order valence-electron chi connectivity index (χ2n) is 5.06. The van der Waals surface area contributed by atoms with E-state index in [1.807, 2.05) is 19.1 Å². The number of carbonyl (C=O) groups excluding carboxylic acids is 1. The van der Waals surface area contributed by atoms with Gasteiger partial charge in [-0.3, -0.25) is 4.79 Å². The largest absolute Gasteiger partial charge is 0.466 e. The lowest BCUT2D eigenvalue weighted by molar-refractivity contribution is -0.921. The van der Waals surface area contributed by atoms with Gasteiger partial charge in [0.1, 0.15) is 18.3 Å². The molecule has 1 saturated heterocycles. The first kappa shape index (κ1) is 14.0. The molecule has 1 aliphatic heterocycles. The van der Waals surface area contributed by atoms with Gasteiger partial charge in [0.2, 0.25) is 0 Å². The molecule has 1 N–H and O–H groups in total. The molecule has 1 aliphatic rings. The average molecular weight is 266 g/mol. The number of halogens is 1. The summed E-state index contributed by atoms with van der Waals surface area (Å²) in [5.74, 6) is -0.294. The first-order chi connectivity index (χ1) is 9.20. The number of hydrogen-bond donors (Lipinski definition) is 1. The predicted molar refractivity (Wildman–Crippen MR) is 70.2 cm³/mol. The second-order valence-corrected chi connectivity index (χ2v) is 5.06. The molecule has 104 valence electrons. The van der Waals surface area contributed by atoms with Crippen LogP contribution >= 0.6 is 0 Å². The zero-order chi connectivity index (χ0) is 13.7. The van der Waals surface area contributed by atoms with Gasteiger partial charge >= 0.3 is 5.97 Å². The standard InChI is InChI=1S/C15H20FNO2/c1-2-19-15(18)13-7-5-9-17(11-13)10-12-6-3-4-8-14(12)16/h3-4,6,8,13H,2,5,7,9-11H2,1H3/p+1/t13-/m0/s1. The molecule has 0 aliphatic carbocycles. The first-order valence-corrected chi connectivity index (χ1v) is 6.94. The molecule has 2 atom stereocenters. The molecule has 0 aromatic heterocycles. The maximum atomic E-state index is 13.6. The number of hydrogen-bond acceptors (Lipinski definition) is 2. The highest BCUT2D eigenvalue weighted by molar-refractivity contribution is 5.72. The number of ether oxygens (including phenoxy) is 1. The summed E-state index contributed by atoms with van der Waals surface area (Å²) in [6.07, 6.45) is 1.88. The summed E-state index contributed by atoms with van der Waals surface area (Å²) in [7, 11) is 0. The zero-order valence-electron chi connectivity index (χ0n) is 11.3. The Hall–Kier alpha value is -1.42. The lowest BCUT2D eigenvalue weighted by Crippen LogP contribution is -3.12. The summed E-state index contributed by atoms with van der Waals surface area (Å²) >= 11 is 0. The van der Waals surface area contributed by atoms with Crippen LogP contribution in [0.2, 0.25) is 0 Å². The van der Waals surface area contributed by atoms with Crippen LogP contribution in [0.25, 0.3) is 0 Å². The Morgan fingerprint density at radius 3 is 3.00 bits per heavy atom. The normalized spacial score (nSPS) is 23.1. The number of nitrogens with one attached hydrogen (secondary N) is 1. The fourth-order valence-electron chi connectivity index (χ4n) is 2.68. The summed E-state index contributed by atoms with van der Waals surface area (Å²) in [6.45, 7) is 4.63. The molecule has 1 unspecified atom stereocenters. The molecule has 4 heteroatoms. The van der Waals surface area contributed by atoms with E-state index in [0.717, 1.165) is 31.5 Å². The van der Waals surface area contributed by atoms with Crippen molar-refractivity contribution in [3.63, 3.8) is 0 Å². The van der Waals surface area contributed by atoms with Crippen molar-refractivity contribution in [3.05, 3.63) is 35.6 Å². The van der Waals surface area contributed by atoms with Gasteiger partial charge in [-0.05, 0) is 25.8 Å². The minimum atomic E-state index is -0.159. The Morgan fingerprint density at radius 1 is 1.47 bits per heavy atom. The Kier molecular flexibility index (Phi) is 4.91. The van der Waals surface area contributed by atoms with Crippen molar-refractivity contribution in [2.75, 3.05) is 19.7 Å². The maximum Gasteiger partial charge on any atom is 0.314 e. The van der Waals surface area contributed by atoms with Crippen molar-refractivity contribution >= 4 is 5.97 Å². The number of rotatable bonds is 4. The van der Waals surface area contributed by atoms with Gasteiger partial charge in [0, 0.05) is 5.56 Å². The number of piperidine rings is 1. The fraction of sp³-hybridized carbons (Fsp3) is 0.533. The van der Waals surface area contributed by atoms with E-state index in [0.29, 0.717) is 13.2 Å². The summed E-state index contributed by atoms with van der Waals surface area (Å²) in [6, 6.07) is 6.86. The van der Waals surface area contributed by atoms with Crippen molar-refractivity contribution in [3.8, 4) is 0 Å². The fourth-order valence-corrected chi connectivity index (χ4v) is 2.68. The van der Waals surface area contributed by atoms with Crippen molar-refractivity contribution in [2.45, 2.75) is 26.3 Å². The van der Waals surface area contributed by atoms with Crippen LogP contribution in [0.15, 0.2) is 24.3 Å². The number of benzene rings is 1. The van der Waals surface area contributed by atoms with Crippen LogP contribution in [-0.4, -0.2) is 25.7 Å². The highest BCUT2D eigenvalue weighted by Crippen LogP contribution is 2.11. The van der Waals surface area contributed by atoms with Crippen LogP contribution in [0.3, 0.4) is 0 Å². The molecule has 0 amide bonds. The summed E-state index contributed by atoms with van der Waals surface area (Å²) < 4.78 is 18.7. The average Bonchev–Trinajstić information content (AvgIpc) is 2.42. The van der Waals surface area contributed by atoms with Crippen LogP contribution in [-0.2, 0) is 16.1 Å². The Morgan fingerprint density at radius 2 is 2.26 bits per heavy atom. The molecule has 1 aromatic rings. The lowest BCUT2D eigenvalue weighted by Gasteiger charge is -2.28. The van der Waals surface area contributed by atoms with E-state index in [9.17, 15) is 9.18 Å². The Balaban J connectivity index is 1.94. The van der Waals surface area contributed by atoms with Crippen molar-refractivity contribution in [1.82, 2.24) is 0 Å². The van der Waals surface area contributed by atoms with Gasteiger partial charge < -0.3 is 9.64 Å². The Bertz CT molecular complexity index is 436. The third-order valence-electron chi connectivity index (χ3n) is 3.64. The molecule has 2 rings (SSSR count). The van der Waals surface area contributed by atoms with Crippen molar-refractivity contribution < 1.29 is 18.8 Å². The summed E-state index contributed by atoms with van der Waals surface area (Å²) in [5, 5.41) is 0. The zero-order valence-corrected chi connectivity index (χ0v) is 11.3. The molecule has 0 bridgehead atoms. The molecular weight excluding hydrogens is 245 g/mol. The van der Waals surface area contributed by atoms with Crippen molar-refractivity contribution in [2.24, 2.45) is 5.92 Å². The first-order valence-electron chi connectivity index (χ1n) is 6.94. The molecule has 3 nitrogen and oxygen atoms in total. The van der Waals surface area contributed by atoms with Gasteiger partial charge in [-0.2, -0.15) is 0 Å². The van der Waals surface area contributed by atoms with Gasteiger partial charge in [0.05, 0.1) is 19.7 Å². The van der Waals surface area contributed by atoms with Crippen LogP contribution in [0.4, 0.5) is 4.39 Å². The highest BCUT2D eigenvalue weighted by atomic mass is 19.1. The molecule has 0 saturated carbocycles. The summed E-state index contributed by atoms with van der Waals surface area (Å²) in [4.78, 5) is 13.0. The molecule has 1 aromatic carbocycles.